The molecule has 0 spiro atoms. The topological polar surface area (TPSA) is 82.9 Å². The van der Waals surface area contributed by atoms with Crippen molar-refractivity contribution in [3.05, 3.63) is 58.8 Å². The van der Waals surface area contributed by atoms with Crippen molar-refractivity contribution in [1.29, 1.82) is 5.41 Å². The van der Waals surface area contributed by atoms with E-state index in [0.29, 0.717) is 35.5 Å². The van der Waals surface area contributed by atoms with E-state index in [0.717, 1.165) is 19.3 Å². The molecule has 1 aliphatic heterocycles. The zero-order valence-electron chi connectivity index (χ0n) is 19.5. The van der Waals surface area contributed by atoms with Gasteiger partial charge in [0.05, 0.1) is 25.3 Å². The first kappa shape index (κ1) is 24.6. The number of phenolic OH excluding ortho intramolecular Hbond substituents is 1. The smallest absolute Gasteiger partial charge is 0.197 e. The number of nitrogens with zero attached hydrogens (tertiary/aromatic N) is 1. The molecule has 1 heterocycles. The van der Waals surface area contributed by atoms with Crippen molar-refractivity contribution in [2.24, 2.45) is 0 Å². The van der Waals surface area contributed by atoms with Crippen molar-refractivity contribution in [2.75, 3.05) is 19.8 Å². The molecule has 0 saturated carbocycles. The maximum Gasteiger partial charge on any atom is 0.197 e. The Balaban J connectivity index is 1.76. The van der Waals surface area contributed by atoms with Crippen molar-refractivity contribution in [1.82, 2.24) is 4.90 Å². The van der Waals surface area contributed by atoms with Gasteiger partial charge >= 0.3 is 0 Å². The minimum atomic E-state index is -0.632. The maximum absolute atomic E-state index is 15.2. The Morgan fingerprint density at radius 2 is 1.97 bits per heavy atom. The van der Waals surface area contributed by atoms with Gasteiger partial charge in [0.1, 0.15) is 11.6 Å². The first-order valence-electron chi connectivity index (χ1n) is 11.5. The number of fused-ring (bicyclic) bond motifs is 1. The van der Waals surface area contributed by atoms with Gasteiger partial charge in [0.2, 0.25) is 0 Å². The number of phenols is 1. The number of carbonyl (C=O) groups is 1. The Morgan fingerprint density at radius 1 is 1.21 bits per heavy atom. The number of halogens is 1. The second kappa shape index (κ2) is 11.2. The highest BCUT2D eigenvalue weighted by Gasteiger charge is 2.33. The summed E-state index contributed by atoms with van der Waals surface area (Å²) in [5.74, 6) is -0.413. The molecule has 6 nitrogen and oxygen atoms in total. The molecular weight excluding hydrogens is 423 g/mol. The van der Waals surface area contributed by atoms with Crippen LogP contribution in [0.4, 0.5) is 4.39 Å². The molecule has 0 bridgehead atoms. The predicted octanol–water partition coefficient (Wildman–Crippen LogP) is 5.29. The molecule has 0 saturated heterocycles. The van der Waals surface area contributed by atoms with Crippen LogP contribution in [-0.2, 0) is 13.0 Å². The minimum Gasteiger partial charge on any atom is -0.508 e. The number of Topliss-reactive ketones (excluding diaryl/α,β-unsaturated/α-hetero) is 1. The van der Waals surface area contributed by atoms with Crippen LogP contribution in [0, 0.1) is 17.6 Å². The Hall–Kier alpha value is -3.09. The number of ether oxygens (including phenoxy) is 2. The molecule has 7 heteroatoms. The average molecular weight is 456 g/mol. The fourth-order valence-corrected chi connectivity index (χ4v) is 3.95. The Labute approximate surface area is 194 Å². The summed E-state index contributed by atoms with van der Waals surface area (Å²) in [6.07, 6.45) is 5.84. The Morgan fingerprint density at radius 3 is 2.67 bits per heavy atom. The second-order valence-electron chi connectivity index (χ2n) is 8.02. The van der Waals surface area contributed by atoms with Crippen LogP contribution in [0.15, 0.2) is 24.3 Å². The highest BCUT2D eigenvalue weighted by molar-refractivity contribution is 6.05. The van der Waals surface area contributed by atoms with E-state index in [1.54, 1.807) is 36.9 Å². The fraction of sp³-hybridized carbons (Fsp3) is 0.423. The van der Waals surface area contributed by atoms with E-state index < -0.39 is 5.82 Å². The van der Waals surface area contributed by atoms with Gasteiger partial charge in [0, 0.05) is 12.1 Å². The number of hydrogen-bond acceptors (Lipinski definition) is 5. The highest BCUT2D eigenvalue weighted by Crippen LogP contribution is 2.39. The van der Waals surface area contributed by atoms with Gasteiger partial charge in [0.25, 0.3) is 0 Å². The number of amidine groups is 1. The van der Waals surface area contributed by atoms with Crippen molar-refractivity contribution < 1.29 is 23.8 Å². The van der Waals surface area contributed by atoms with Gasteiger partial charge < -0.3 is 19.5 Å². The van der Waals surface area contributed by atoms with Crippen LogP contribution >= 0.6 is 0 Å². The third kappa shape index (κ3) is 5.46. The summed E-state index contributed by atoms with van der Waals surface area (Å²) >= 11 is 0. The van der Waals surface area contributed by atoms with Gasteiger partial charge in [-0.05, 0) is 68.5 Å². The standard InChI is InChI=1S/C26H32FN2O4/c1-4-7-8-9-10-17-13-18(11-12-20(17)30)21(31)16-29-15-19-14-22(32-5-2)25(33-6-3)24(27)23(19)26(29)28/h9,11-14,28,30H,4-8,10,15-16H2,1-3H3. The zero-order valence-corrected chi connectivity index (χ0v) is 19.5. The van der Waals surface area contributed by atoms with E-state index in [9.17, 15) is 9.90 Å². The number of aromatic hydroxyl groups is 1. The SMILES string of the molecule is CCCC[CH]Cc1cc(C(=O)CN2Cc3cc(OCC)c(OCC)c(F)c3C2=N)ccc1O. The normalized spacial score (nSPS) is 12.7. The summed E-state index contributed by atoms with van der Waals surface area (Å²) in [5, 5.41) is 18.6. The van der Waals surface area contributed by atoms with Crippen LogP contribution in [0.25, 0.3) is 0 Å². The molecule has 2 aromatic carbocycles. The van der Waals surface area contributed by atoms with Crippen LogP contribution in [0.5, 0.6) is 17.2 Å². The van der Waals surface area contributed by atoms with E-state index in [2.05, 4.69) is 13.3 Å². The zero-order chi connectivity index (χ0) is 24.0. The molecule has 0 amide bonds. The lowest BCUT2D eigenvalue weighted by Crippen LogP contribution is -2.30. The maximum atomic E-state index is 15.2. The number of hydrogen-bond donors (Lipinski definition) is 2. The summed E-state index contributed by atoms with van der Waals surface area (Å²) < 4.78 is 26.2. The van der Waals surface area contributed by atoms with E-state index in [-0.39, 0.29) is 48.4 Å². The third-order valence-electron chi connectivity index (χ3n) is 5.63. The summed E-state index contributed by atoms with van der Waals surface area (Å²) in [5.41, 5.74) is 1.90. The molecule has 0 aliphatic carbocycles. The molecule has 3 rings (SSSR count). The predicted molar refractivity (Wildman–Crippen MR) is 126 cm³/mol. The lowest BCUT2D eigenvalue weighted by molar-refractivity contribution is 0.0962. The van der Waals surface area contributed by atoms with Gasteiger partial charge in [-0.25, -0.2) is 4.39 Å². The number of benzene rings is 2. The molecule has 2 N–H and O–H groups in total. The molecule has 177 valence electrons. The first-order valence-corrected chi connectivity index (χ1v) is 11.5. The number of carbonyl (C=O) groups excluding carboxylic acids is 1. The van der Waals surface area contributed by atoms with E-state index >= 15 is 4.39 Å². The fourth-order valence-electron chi connectivity index (χ4n) is 3.95. The monoisotopic (exact) mass is 455 g/mol. The number of nitrogens with one attached hydrogen (secondary N) is 1. The van der Waals surface area contributed by atoms with Gasteiger partial charge in [-0.3, -0.25) is 10.2 Å². The number of rotatable bonds is 12. The lowest BCUT2D eigenvalue weighted by Gasteiger charge is -2.17. The van der Waals surface area contributed by atoms with Crippen molar-refractivity contribution in [3.8, 4) is 17.2 Å². The van der Waals surface area contributed by atoms with Crippen LogP contribution < -0.4 is 9.47 Å². The molecule has 0 aromatic heterocycles. The van der Waals surface area contributed by atoms with Crippen molar-refractivity contribution in [2.45, 2.75) is 53.0 Å². The van der Waals surface area contributed by atoms with Gasteiger partial charge in [0.15, 0.2) is 23.1 Å². The number of unbranched alkanes of at least 4 members (excludes halogenated alkanes) is 3. The molecule has 33 heavy (non-hydrogen) atoms. The van der Waals surface area contributed by atoms with Crippen molar-refractivity contribution in [3.63, 3.8) is 0 Å². The second-order valence-corrected chi connectivity index (χ2v) is 8.02. The molecule has 0 unspecified atom stereocenters. The summed E-state index contributed by atoms with van der Waals surface area (Å²) in [4.78, 5) is 14.5. The first-order chi connectivity index (χ1) is 15.9. The third-order valence-corrected chi connectivity index (χ3v) is 5.63. The van der Waals surface area contributed by atoms with Crippen LogP contribution in [0.3, 0.4) is 0 Å². The van der Waals surface area contributed by atoms with E-state index in [1.165, 1.54) is 6.07 Å². The van der Waals surface area contributed by atoms with Crippen LogP contribution in [0.2, 0.25) is 0 Å². The molecule has 1 radical (unpaired) electrons. The molecule has 2 aromatic rings. The molecule has 0 atom stereocenters. The number of ketones is 1. The Bertz CT molecular complexity index is 1020. The van der Waals surface area contributed by atoms with Gasteiger partial charge in [-0.1, -0.05) is 19.8 Å². The van der Waals surface area contributed by atoms with Crippen LogP contribution in [-0.4, -0.2) is 41.4 Å². The van der Waals surface area contributed by atoms with Gasteiger partial charge in [-0.15, -0.1) is 0 Å². The highest BCUT2D eigenvalue weighted by atomic mass is 19.1. The minimum absolute atomic E-state index is 0.00136. The summed E-state index contributed by atoms with van der Waals surface area (Å²) in [6.45, 7) is 6.48. The summed E-state index contributed by atoms with van der Waals surface area (Å²) in [6, 6.07) is 6.51. The Kier molecular flexibility index (Phi) is 8.31. The lowest BCUT2D eigenvalue weighted by atomic mass is 10.0. The van der Waals surface area contributed by atoms with Gasteiger partial charge in [-0.2, -0.15) is 0 Å². The summed E-state index contributed by atoms with van der Waals surface area (Å²) in [7, 11) is 0. The van der Waals surface area contributed by atoms with Crippen LogP contribution in [0.1, 0.15) is 67.1 Å². The van der Waals surface area contributed by atoms with E-state index in [4.69, 9.17) is 14.9 Å². The largest absolute Gasteiger partial charge is 0.508 e. The quantitative estimate of drug-likeness (QED) is 0.336. The average Bonchev–Trinajstić information content (AvgIpc) is 3.10. The van der Waals surface area contributed by atoms with Crippen molar-refractivity contribution >= 4 is 11.6 Å². The molecular formula is C26H32FN2O4. The molecule has 1 aliphatic rings. The molecule has 0 fully saturated rings. The van der Waals surface area contributed by atoms with E-state index in [1.807, 2.05) is 0 Å².